The molecule has 0 spiro atoms. The molecule has 0 heterocycles. The van der Waals surface area contributed by atoms with Crippen molar-refractivity contribution in [2.24, 2.45) is 5.92 Å². The first-order chi connectivity index (χ1) is 8.17. The molecule has 0 bridgehead atoms. The maximum absolute atomic E-state index is 13.6. The lowest BCUT2D eigenvalue weighted by molar-refractivity contribution is 0.436. The highest BCUT2D eigenvalue weighted by molar-refractivity contribution is 6.30. The van der Waals surface area contributed by atoms with E-state index in [4.69, 9.17) is 11.6 Å². The quantitative estimate of drug-likeness (QED) is 0.777. The van der Waals surface area contributed by atoms with Gasteiger partial charge >= 0.3 is 0 Å². The number of benzene rings is 1. The Bertz CT molecular complexity index is 341. The first-order valence-corrected chi connectivity index (χ1v) is 6.69. The summed E-state index contributed by atoms with van der Waals surface area (Å²) in [5.41, 5.74) is 0.730. The van der Waals surface area contributed by atoms with Crippen molar-refractivity contribution in [3.63, 3.8) is 0 Å². The van der Waals surface area contributed by atoms with Gasteiger partial charge in [0.05, 0.1) is 0 Å². The Labute approximate surface area is 108 Å². The number of rotatable bonds is 7. The lowest BCUT2D eigenvalue weighted by atomic mass is 9.94. The fourth-order valence-corrected chi connectivity index (χ4v) is 2.24. The summed E-state index contributed by atoms with van der Waals surface area (Å²) in [4.78, 5) is 0. The standard InChI is InChI=1S/C14H21ClFN/c1-3-5-11(10-17-4-2)8-12-9-13(15)6-7-14(12)16/h6-7,9,11,17H,3-5,8,10H2,1-2H3. The molecular formula is C14H21ClFN. The largest absolute Gasteiger partial charge is 0.317 e. The van der Waals surface area contributed by atoms with Gasteiger partial charge in [-0.15, -0.1) is 0 Å². The predicted octanol–water partition coefficient (Wildman–Crippen LogP) is 4.05. The monoisotopic (exact) mass is 257 g/mol. The Morgan fingerprint density at radius 2 is 2.12 bits per heavy atom. The minimum absolute atomic E-state index is 0.146. The average Bonchev–Trinajstić information content (AvgIpc) is 2.31. The SMILES string of the molecule is CCCC(CNCC)Cc1cc(Cl)ccc1F. The second kappa shape index (κ2) is 7.67. The fraction of sp³-hybridized carbons (Fsp3) is 0.571. The summed E-state index contributed by atoms with van der Waals surface area (Å²) in [6, 6.07) is 4.79. The van der Waals surface area contributed by atoms with Crippen molar-refractivity contribution in [3.8, 4) is 0 Å². The Morgan fingerprint density at radius 3 is 2.76 bits per heavy atom. The fourth-order valence-electron chi connectivity index (χ4n) is 2.04. The molecule has 1 rings (SSSR count). The van der Waals surface area contributed by atoms with Gasteiger partial charge in [0.1, 0.15) is 5.82 Å². The van der Waals surface area contributed by atoms with E-state index in [-0.39, 0.29) is 5.82 Å². The Balaban J connectivity index is 2.67. The van der Waals surface area contributed by atoms with Crippen LogP contribution in [0, 0.1) is 11.7 Å². The highest BCUT2D eigenvalue weighted by atomic mass is 35.5. The van der Waals surface area contributed by atoms with Crippen molar-refractivity contribution in [1.82, 2.24) is 5.32 Å². The maximum Gasteiger partial charge on any atom is 0.126 e. The lowest BCUT2D eigenvalue weighted by Gasteiger charge is -2.17. The summed E-state index contributed by atoms with van der Waals surface area (Å²) < 4.78 is 13.6. The molecule has 1 aromatic carbocycles. The zero-order valence-electron chi connectivity index (χ0n) is 10.6. The van der Waals surface area contributed by atoms with Crippen molar-refractivity contribution in [1.29, 1.82) is 0 Å². The van der Waals surface area contributed by atoms with Gasteiger partial charge in [-0.3, -0.25) is 0 Å². The summed E-state index contributed by atoms with van der Waals surface area (Å²) in [5.74, 6) is 0.333. The molecule has 1 nitrogen and oxygen atoms in total. The van der Waals surface area contributed by atoms with Crippen LogP contribution in [0.2, 0.25) is 5.02 Å². The molecule has 0 amide bonds. The van der Waals surface area contributed by atoms with Gasteiger partial charge in [0, 0.05) is 5.02 Å². The van der Waals surface area contributed by atoms with Gasteiger partial charge < -0.3 is 5.32 Å². The third kappa shape index (κ3) is 5.05. The average molecular weight is 258 g/mol. The first kappa shape index (κ1) is 14.5. The van der Waals surface area contributed by atoms with Crippen LogP contribution in [0.5, 0.6) is 0 Å². The summed E-state index contributed by atoms with van der Waals surface area (Å²) in [6.45, 7) is 6.14. The van der Waals surface area contributed by atoms with Crippen LogP contribution in [-0.4, -0.2) is 13.1 Å². The maximum atomic E-state index is 13.6. The molecule has 1 aromatic rings. The van der Waals surface area contributed by atoms with Crippen molar-refractivity contribution < 1.29 is 4.39 Å². The molecule has 1 unspecified atom stereocenters. The molecule has 0 aromatic heterocycles. The highest BCUT2D eigenvalue weighted by Crippen LogP contribution is 2.20. The Kier molecular flexibility index (Phi) is 6.53. The van der Waals surface area contributed by atoms with E-state index >= 15 is 0 Å². The van der Waals surface area contributed by atoms with Crippen LogP contribution in [0.3, 0.4) is 0 Å². The van der Waals surface area contributed by atoms with E-state index in [0.717, 1.165) is 37.9 Å². The molecule has 0 aliphatic carbocycles. The zero-order chi connectivity index (χ0) is 12.7. The van der Waals surface area contributed by atoms with Gasteiger partial charge in [0.25, 0.3) is 0 Å². The van der Waals surface area contributed by atoms with E-state index < -0.39 is 0 Å². The number of nitrogens with one attached hydrogen (secondary N) is 1. The van der Waals surface area contributed by atoms with Gasteiger partial charge in [0.2, 0.25) is 0 Å². The Hall–Kier alpha value is -0.600. The third-order valence-electron chi connectivity index (χ3n) is 2.90. The van der Waals surface area contributed by atoms with E-state index in [1.54, 1.807) is 12.1 Å². The van der Waals surface area contributed by atoms with Crippen molar-refractivity contribution >= 4 is 11.6 Å². The Morgan fingerprint density at radius 1 is 1.35 bits per heavy atom. The van der Waals surface area contributed by atoms with E-state index in [9.17, 15) is 4.39 Å². The summed E-state index contributed by atoms with van der Waals surface area (Å²) in [7, 11) is 0. The van der Waals surface area contributed by atoms with Crippen LogP contribution in [0.1, 0.15) is 32.3 Å². The van der Waals surface area contributed by atoms with Crippen LogP contribution >= 0.6 is 11.6 Å². The van der Waals surface area contributed by atoms with E-state index in [1.807, 2.05) is 0 Å². The van der Waals surface area contributed by atoms with E-state index in [1.165, 1.54) is 6.07 Å². The summed E-state index contributed by atoms with van der Waals surface area (Å²) >= 11 is 5.90. The molecule has 0 radical (unpaired) electrons. The molecule has 1 N–H and O–H groups in total. The molecule has 3 heteroatoms. The van der Waals surface area contributed by atoms with Crippen LogP contribution in [0.25, 0.3) is 0 Å². The van der Waals surface area contributed by atoms with Crippen molar-refractivity contribution in [2.45, 2.75) is 33.1 Å². The normalized spacial score (nSPS) is 12.7. The minimum atomic E-state index is -0.146. The molecule has 17 heavy (non-hydrogen) atoms. The second-order valence-corrected chi connectivity index (χ2v) is 4.84. The second-order valence-electron chi connectivity index (χ2n) is 4.40. The van der Waals surface area contributed by atoms with Crippen LogP contribution in [-0.2, 0) is 6.42 Å². The third-order valence-corrected chi connectivity index (χ3v) is 3.13. The summed E-state index contributed by atoms with van der Waals surface area (Å²) in [5, 5.41) is 3.94. The molecule has 1 atom stereocenters. The zero-order valence-corrected chi connectivity index (χ0v) is 11.4. The van der Waals surface area contributed by atoms with Crippen molar-refractivity contribution in [3.05, 3.63) is 34.6 Å². The molecule has 0 aliphatic rings. The minimum Gasteiger partial charge on any atom is -0.317 e. The van der Waals surface area contributed by atoms with Gasteiger partial charge in [-0.05, 0) is 55.6 Å². The van der Waals surface area contributed by atoms with Gasteiger partial charge in [-0.2, -0.15) is 0 Å². The van der Waals surface area contributed by atoms with Gasteiger partial charge in [0.15, 0.2) is 0 Å². The highest BCUT2D eigenvalue weighted by Gasteiger charge is 2.11. The van der Waals surface area contributed by atoms with Crippen molar-refractivity contribution in [2.75, 3.05) is 13.1 Å². The molecule has 0 aliphatic heterocycles. The van der Waals surface area contributed by atoms with Gasteiger partial charge in [-0.25, -0.2) is 4.39 Å². The molecule has 96 valence electrons. The predicted molar refractivity (Wildman–Crippen MR) is 72.1 cm³/mol. The topological polar surface area (TPSA) is 12.0 Å². The van der Waals surface area contributed by atoms with Crippen LogP contribution in [0.15, 0.2) is 18.2 Å². The molecular weight excluding hydrogens is 237 g/mol. The molecule has 0 saturated carbocycles. The molecule has 0 saturated heterocycles. The van der Waals surface area contributed by atoms with E-state index in [2.05, 4.69) is 19.2 Å². The lowest BCUT2D eigenvalue weighted by Crippen LogP contribution is -2.24. The molecule has 0 fully saturated rings. The number of halogens is 2. The smallest absolute Gasteiger partial charge is 0.126 e. The van der Waals surface area contributed by atoms with Gasteiger partial charge in [-0.1, -0.05) is 31.9 Å². The van der Waals surface area contributed by atoms with E-state index in [0.29, 0.717) is 10.9 Å². The number of hydrogen-bond acceptors (Lipinski definition) is 1. The first-order valence-electron chi connectivity index (χ1n) is 6.32. The van der Waals surface area contributed by atoms with Crippen LogP contribution in [0.4, 0.5) is 4.39 Å². The number of hydrogen-bond donors (Lipinski definition) is 1. The van der Waals surface area contributed by atoms with Crippen LogP contribution < -0.4 is 5.32 Å². The summed E-state index contributed by atoms with van der Waals surface area (Å²) in [6.07, 6.45) is 2.99.